The summed E-state index contributed by atoms with van der Waals surface area (Å²) in [6.07, 6.45) is 8.82. The van der Waals surface area contributed by atoms with Gasteiger partial charge >= 0.3 is 0 Å². The van der Waals surface area contributed by atoms with Gasteiger partial charge in [0.25, 0.3) is 0 Å². The van der Waals surface area contributed by atoms with Crippen LogP contribution in [0.25, 0.3) is 0 Å². The first-order chi connectivity index (χ1) is 10.3. The molecule has 0 bridgehead atoms. The molecule has 1 aliphatic heterocycles. The normalized spacial score (nSPS) is 19.8. The first-order valence-corrected chi connectivity index (χ1v) is 8.75. The molecule has 118 valence electrons. The summed E-state index contributed by atoms with van der Waals surface area (Å²) in [7, 11) is 0. The van der Waals surface area contributed by atoms with E-state index >= 15 is 0 Å². The smallest absolute Gasteiger partial charge is 0.0576 e. The van der Waals surface area contributed by atoms with Crippen LogP contribution in [0.1, 0.15) is 51.0 Å². The third-order valence-electron chi connectivity index (χ3n) is 4.21. The maximum Gasteiger partial charge on any atom is 0.0576 e. The summed E-state index contributed by atoms with van der Waals surface area (Å²) in [4.78, 5) is 0. The highest BCUT2D eigenvalue weighted by molar-refractivity contribution is 6.31. The van der Waals surface area contributed by atoms with Gasteiger partial charge in [-0.1, -0.05) is 36.7 Å². The predicted molar refractivity (Wildman–Crippen MR) is 90.1 cm³/mol. The van der Waals surface area contributed by atoms with Crippen LogP contribution < -0.4 is 5.32 Å². The first-order valence-electron chi connectivity index (χ1n) is 8.38. The second kappa shape index (κ2) is 9.45. The molecule has 3 heteroatoms. The molecular weight excluding hydrogens is 282 g/mol. The van der Waals surface area contributed by atoms with Crippen molar-refractivity contribution in [2.24, 2.45) is 0 Å². The van der Waals surface area contributed by atoms with Gasteiger partial charge in [0.1, 0.15) is 0 Å². The van der Waals surface area contributed by atoms with Gasteiger partial charge in [0.05, 0.1) is 6.10 Å². The summed E-state index contributed by atoms with van der Waals surface area (Å²) < 4.78 is 5.71. The molecule has 1 aromatic carbocycles. The van der Waals surface area contributed by atoms with Gasteiger partial charge in [0.2, 0.25) is 0 Å². The topological polar surface area (TPSA) is 21.3 Å². The van der Waals surface area contributed by atoms with Crippen LogP contribution in [-0.4, -0.2) is 25.3 Å². The average molecular weight is 310 g/mol. The van der Waals surface area contributed by atoms with Crippen molar-refractivity contribution in [1.82, 2.24) is 5.32 Å². The molecular formula is C18H28ClNO. The Bertz CT molecular complexity index is 404. The van der Waals surface area contributed by atoms with E-state index in [1.54, 1.807) is 0 Å². The summed E-state index contributed by atoms with van der Waals surface area (Å²) in [6.45, 7) is 4.25. The van der Waals surface area contributed by atoms with Crippen LogP contribution in [0.5, 0.6) is 0 Å². The predicted octanol–water partition coefficient (Wildman–Crippen LogP) is 4.60. The Morgan fingerprint density at radius 3 is 2.95 bits per heavy atom. The minimum absolute atomic E-state index is 0.511. The van der Waals surface area contributed by atoms with Gasteiger partial charge in [-0.2, -0.15) is 0 Å². The Kier molecular flexibility index (Phi) is 7.56. The highest BCUT2D eigenvalue weighted by Gasteiger charge is 2.16. The second-order valence-corrected chi connectivity index (χ2v) is 6.42. The van der Waals surface area contributed by atoms with Gasteiger partial charge in [0.15, 0.2) is 0 Å². The fourth-order valence-corrected chi connectivity index (χ4v) is 3.23. The van der Waals surface area contributed by atoms with Crippen molar-refractivity contribution in [2.45, 2.75) is 64.0 Å². The van der Waals surface area contributed by atoms with E-state index in [1.807, 2.05) is 12.1 Å². The number of hydrogen-bond acceptors (Lipinski definition) is 2. The Labute approximate surface area is 134 Å². The van der Waals surface area contributed by atoms with Crippen LogP contribution in [0.4, 0.5) is 0 Å². The fourth-order valence-electron chi connectivity index (χ4n) is 3.02. The van der Waals surface area contributed by atoms with Crippen LogP contribution in [-0.2, 0) is 11.2 Å². The molecule has 0 aliphatic carbocycles. The van der Waals surface area contributed by atoms with E-state index in [2.05, 4.69) is 24.4 Å². The van der Waals surface area contributed by atoms with E-state index < -0.39 is 0 Å². The third kappa shape index (κ3) is 5.98. The molecule has 1 N–H and O–H groups in total. The lowest BCUT2D eigenvalue weighted by atomic mass is 9.99. The van der Waals surface area contributed by atoms with Crippen LogP contribution in [0, 0.1) is 0 Å². The monoisotopic (exact) mass is 309 g/mol. The third-order valence-corrected chi connectivity index (χ3v) is 4.58. The fraction of sp³-hybridized carbons (Fsp3) is 0.667. The van der Waals surface area contributed by atoms with Crippen molar-refractivity contribution >= 4 is 11.6 Å². The van der Waals surface area contributed by atoms with E-state index in [0.717, 1.165) is 24.6 Å². The quantitative estimate of drug-likeness (QED) is 0.720. The minimum atomic E-state index is 0.511. The maximum atomic E-state index is 6.29. The molecule has 0 amide bonds. The molecule has 2 atom stereocenters. The molecule has 0 aromatic heterocycles. The Morgan fingerprint density at radius 1 is 1.38 bits per heavy atom. The summed E-state index contributed by atoms with van der Waals surface area (Å²) in [6, 6.07) is 8.72. The van der Waals surface area contributed by atoms with Gasteiger partial charge in [0, 0.05) is 17.7 Å². The number of benzene rings is 1. The van der Waals surface area contributed by atoms with Crippen LogP contribution in [0.15, 0.2) is 24.3 Å². The van der Waals surface area contributed by atoms with Crippen molar-refractivity contribution < 1.29 is 4.74 Å². The largest absolute Gasteiger partial charge is 0.378 e. The van der Waals surface area contributed by atoms with Gasteiger partial charge in [-0.3, -0.25) is 0 Å². The number of halogens is 1. The van der Waals surface area contributed by atoms with E-state index in [0.29, 0.717) is 12.1 Å². The Hall–Kier alpha value is -0.570. The zero-order chi connectivity index (χ0) is 14.9. The molecule has 0 spiro atoms. The van der Waals surface area contributed by atoms with Crippen molar-refractivity contribution in [3.05, 3.63) is 34.9 Å². The molecule has 1 saturated heterocycles. The highest BCUT2D eigenvalue weighted by Crippen LogP contribution is 2.21. The summed E-state index contributed by atoms with van der Waals surface area (Å²) in [5, 5.41) is 4.56. The van der Waals surface area contributed by atoms with E-state index in [1.165, 1.54) is 44.1 Å². The molecule has 1 fully saturated rings. The molecule has 2 nitrogen and oxygen atoms in total. The van der Waals surface area contributed by atoms with E-state index in [4.69, 9.17) is 16.3 Å². The van der Waals surface area contributed by atoms with Gasteiger partial charge in [-0.15, -0.1) is 0 Å². The Balaban J connectivity index is 1.80. The molecule has 1 heterocycles. The van der Waals surface area contributed by atoms with E-state index in [-0.39, 0.29) is 0 Å². The number of rotatable bonds is 9. The molecule has 2 rings (SSSR count). The SMILES string of the molecule is CCCNC(CCCC1CCCO1)Cc1ccccc1Cl. The van der Waals surface area contributed by atoms with Crippen LogP contribution in [0.2, 0.25) is 5.02 Å². The molecule has 2 unspecified atom stereocenters. The minimum Gasteiger partial charge on any atom is -0.378 e. The lowest BCUT2D eigenvalue weighted by molar-refractivity contribution is 0.101. The molecule has 0 saturated carbocycles. The Morgan fingerprint density at radius 2 is 2.24 bits per heavy atom. The molecule has 0 radical (unpaired) electrons. The second-order valence-electron chi connectivity index (χ2n) is 6.01. The standard InChI is InChI=1S/C18H28ClNO/c1-2-12-20-16(8-5-9-17-10-6-13-21-17)14-15-7-3-4-11-18(15)19/h3-4,7,11,16-17,20H,2,5-6,8-10,12-14H2,1H3. The van der Waals surface area contributed by atoms with Crippen LogP contribution >= 0.6 is 11.6 Å². The maximum absolute atomic E-state index is 6.29. The highest BCUT2D eigenvalue weighted by atomic mass is 35.5. The van der Waals surface area contributed by atoms with Gasteiger partial charge in [-0.05, 0) is 63.1 Å². The average Bonchev–Trinajstić information content (AvgIpc) is 3.00. The number of hydrogen-bond donors (Lipinski definition) is 1. The number of ether oxygens (including phenoxy) is 1. The summed E-state index contributed by atoms with van der Waals surface area (Å²) >= 11 is 6.29. The summed E-state index contributed by atoms with van der Waals surface area (Å²) in [5.41, 5.74) is 1.25. The van der Waals surface area contributed by atoms with Crippen molar-refractivity contribution in [3.63, 3.8) is 0 Å². The molecule has 21 heavy (non-hydrogen) atoms. The lowest BCUT2D eigenvalue weighted by Crippen LogP contribution is -2.32. The zero-order valence-electron chi connectivity index (χ0n) is 13.1. The van der Waals surface area contributed by atoms with Crippen molar-refractivity contribution in [3.8, 4) is 0 Å². The van der Waals surface area contributed by atoms with Crippen LogP contribution in [0.3, 0.4) is 0 Å². The van der Waals surface area contributed by atoms with Crippen molar-refractivity contribution in [1.29, 1.82) is 0 Å². The van der Waals surface area contributed by atoms with Gasteiger partial charge in [-0.25, -0.2) is 0 Å². The molecule has 1 aliphatic rings. The first kappa shape index (κ1) is 16.8. The van der Waals surface area contributed by atoms with Gasteiger partial charge < -0.3 is 10.1 Å². The lowest BCUT2D eigenvalue weighted by Gasteiger charge is -2.20. The zero-order valence-corrected chi connectivity index (χ0v) is 13.9. The molecule has 1 aromatic rings. The summed E-state index contributed by atoms with van der Waals surface area (Å²) in [5.74, 6) is 0. The number of nitrogens with one attached hydrogen (secondary N) is 1. The van der Waals surface area contributed by atoms with Crippen molar-refractivity contribution in [2.75, 3.05) is 13.2 Å². The van der Waals surface area contributed by atoms with E-state index in [9.17, 15) is 0 Å².